The lowest BCUT2D eigenvalue weighted by molar-refractivity contribution is -0.392. The summed E-state index contributed by atoms with van der Waals surface area (Å²) in [6.07, 6.45) is 17.1. The molecule has 2 amide bonds. The number of nitrogens with one attached hydrogen (secondary N) is 2. The summed E-state index contributed by atoms with van der Waals surface area (Å²) in [6.45, 7) is 31.6. The molecule has 0 spiro atoms. The van der Waals surface area contributed by atoms with E-state index in [-0.39, 0.29) is 48.3 Å². The lowest BCUT2D eigenvalue weighted by atomic mass is 10.0. The van der Waals surface area contributed by atoms with E-state index in [0.717, 1.165) is 28.7 Å². The Hall–Kier alpha value is -12.4. The second-order valence-corrected chi connectivity index (χ2v) is 29.9. The van der Waals surface area contributed by atoms with Gasteiger partial charge in [-0.05, 0) is 107 Å². The summed E-state index contributed by atoms with van der Waals surface area (Å²) in [6, 6.07) is 50.6. The van der Waals surface area contributed by atoms with Gasteiger partial charge in [0.1, 0.15) is 28.7 Å². The minimum atomic E-state index is -0.673. The molecule has 119 heavy (non-hydrogen) atoms. The summed E-state index contributed by atoms with van der Waals surface area (Å²) in [4.78, 5) is 82.2. The van der Waals surface area contributed by atoms with Crippen molar-refractivity contribution in [2.45, 2.75) is 133 Å². The van der Waals surface area contributed by atoms with E-state index in [1.807, 2.05) is 90.7 Å². The number of fused-ring (bicyclic) bond motifs is 2. The van der Waals surface area contributed by atoms with Crippen LogP contribution in [0.3, 0.4) is 0 Å². The second kappa shape index (κ2) is 52.3. The topological polar surface area (TPSA) is 330 Å². The second-order valence-electron chi connectivity index (χ2n) is 29.0. The van der Waals surface area contributed by atoms with Crippen LogP contribution < -0.4 is 10.1 Å². The Balaban J connectivity index is 0.000000228. The van der Waals surface area contributed by atoms with E-state index in [2.05, 4.69) is 185 Å². The first kappa shape index (κ1) is 95.5. The molecular weight excluding hydrogens is 1530 g/mol. The molecule has 0 saturated carbocycles. The Bertz CT molecular complexity index is 4740. The number of thiazole rings is 1. The number of aromatic nitrogens is 8. The summed E-state index contributed by atoms with van der Waals surface area (Å²) in [5.41, 5.74) is 4.47. The number of benzene rings is 5. The molecule has 1 aliphatic heterocycles. The molecule has 632 valence electrons. The number of hydrogen-bond donors (Lipinski definition) is 2. The monoisotopic (exact) mass is 1640 g/mol. The van der Waals surface area contributed by atoms with E-state index < -0.39 is 21.5 Å². The average molecular weight is 1650 g/mol. The normalized spacial score (nSPS) is 11.3. The number of anilines is 1. The number of pyridine rings is 2. The molecule has 13 aromatic rings. The number of carbonyl (C=O) groups excluding carboxylic acids is 3. The highest BCUT2D eigenvalue weighted by Crippen LogP contribution is 2.37. The number of nitrogens with zero attached hydrogens (tertiary/aromatic N) is 11. The zero-order valence-corrected chi connectivity index (χ0v) is 71.5. The highest BCUT2D eigenvalue weighted by atomic mass is 32.1. The number of hydrogen-bond acceptors (Lipinski definition) is 22. The van der Waals surface area contributed by atoms with Crippen LogP contribution in [0.15, 0.2) is 245 Å². The Morgan fingerprint density at radius 1 is 0.588 bits per heavy atom. The van der Waals surface area contributed by atoms with Crippen LogP contribution >= 0.6 is 11.3 Å². The predicted octanol–water partition coefficient (Wildman–Crippen LogP) is 20.4. The molecule has 8 aromatic heterocycles. The molecule has 1 fully saturated rings. The number of carbonyl (C=O) groups is 3. The van der Waals surface area contributed by atoms with Gasteiger partial charge in [-0.25, -0.2) is 14.6 Å². The number of oxazole rings is 1. The number of H-pyrrole nitrogens is 1. The van der Waals surface area contributed by atoms with E-state index in [1.54, 1.807) is 83.4 Å². The largest absolute Gasteiger partial charge is 0.496 e. The summed E-state index contributed by atoms with van der Waals surface area (Å²) in [5, 5.41) is 39.2. The zero-order valence-electron chi connectivity index (χ0n) is 70.7. The zero-order chi connectivity index (χ0) is 86.4. The van der Waals surface area contributed by atoms with E-state index in [1.165, 1.54) is 64.1 Å². The van der Waals surface area contributed by atoms with Crippen molar-refractivity contribution in [2.75, 3.05) is 78.7 Å². The fraction of sp³-hybridized carbons (Fsp3) is 0.352. The number of nitro benzene ring substituents is 2. The number of methoxy groups -OCH3 is 2. The molecule has 0 bridgehead atoms. The number of piperazine rings is 1. The number of nitro groups is 2. The van der Waals surface area contributed by atoms with E-state index in [4.69, 9.17) is 32.2 Å². The molecule has 1 aliphatic rings. The first-order chi connectivity index (χ1) is 57.3. The summed E-state index contributed by atoms with van der Waals surface area (Å²) in [5.74, 6) is 5.38. The maximum Gasteiger partial charge on any atom is 0.299 e. The van der Waals surface area contributed by atoms with Crippen LogP contribution in [-0.2, 0) is 32.2 Å². The van der Waals surface area contributed by atoms with Crippen molar-refractivity contribution in [3.05, 3.63) is 296 Å². The molecule has 9 heterocycles. The quantitative estimate of drug-likeness (QED) is 0.0187. The SMILES string of the molecule is CC(C)C.CC(C)c1ccccn1.CC(C)c1cccnc1.CC(C)c1ccco1.CC(C)c1cnco1.CC(C)c1nccs1.COCCOCCn1cc(COCCNc2c([N+](=O)[O-])cccc2[N+](=O)[O-])nn1.COc1ccc(-c2ccco2)c2[nH]cc(C(=O)C(=O)N3CCN(C(=O)c4ccccc4)CC3)c12.c1ccc2ccccc2c1. The summed E-state index contributed by atoms with van der Waals surface area (Å²) in [7, 11) is 3.12. The molecule has 2 N–H and O–H groups in total. The van der Waals surface area contributed by atoms with Gasteiger partial charge in [0, 0.05) is 123 Å². The van der Waals surface area contributed by atoms with Crippen molar-refractivity contribution in [3.63, 3.8) is 0 Å². The third-order valence-corrected chi connectivity index (χ3v) is 18.3. The predicted molar refractivity (Wildman–Crippen MR) is 467 cm³/mol. The van der Waals surface area contributed by atoms with E-state index in [9.17, 15) is 34.6 Å². The molecule has 1 saturated heterocycles. The molecule has 0 atom stereocenters. The van der Waals surface area contributed by atoms with Gasteiger partial charge in [-0.3, -0.25) is 44.6 Å². The third kappa shape index (κ3) is 32.9. The number of amides is 2. The number of Topliss-reactive ketones (excluding diaryl/α,β-unsaturated/α-hetero) is 1. The fourth-order valence-corrected chi connectivity index (χ4v) is 11.6. The Labute approximate surface area is 700 Å². The van der Waals surface area contributed by atoms with Gasteiger partial charge in [0.15, 0.2) is 12.1 Å². The van der Waals surface area contributed by atoms with Crippen molar-refractivity contribution < 1.29 is 56.4 Å². The van der Waals surface area contributed by atoms with Gasteiger partial charge in [-0.1, -0.05) is 174 Å². The standard InChI is InChI=1S/C26H23N3O5.C16H22N6O7.C10H8.2C8H11N.C7H10O.C6H9NO.C6H9NS.C4H10/c1-33-21-10-9-18(20-8-5-15-34-20)23-22(21)19(16-27-23)24(30)26(32)29-13-11-28(12-14-29)25(31)17-6-3-2-4-7-17;1-27-9-10-28-8-6-20-11-13(18-19-20)12-29-7-5-17-16-14(21(23)24)3-2-4-15(16)22(25)26;1-2-6-10-8-4-3-7-9(10)5-1;1-7(2)8-4-3-5-9-6-8;1-7(2)8-5-3-4-6-9-8;1-6(2)7-4-3-5-8-7;1-5(2)6-3-7-4-8-6;1-5(2)6-7-3-4-8-6;1-4(2)3/h2-10,15-16,27H,11-14H2,1H3;2-4,11,17H,5-10,12H2,1H3;1-8H;2*3-7H,1-2H3;3-6H,1-2H3;2*3-5H,1-2H3;4H,1-3H3. The number of para-hydroxylation sites is 1. The van der Waals surface area contributed by atoms with Crippen molar-refractivity contribution >= 4 is 67.7 Å². The molecule has 5 aromatic carbocycles. The van der Waals surface area contributed by atoms with Gasteiger partial charge in [0.05, 0.1) is 103 Å². The number of aromatic amines is 1. The molecule has 28 heteroatoms. The van der Waals surface area contributed by atoms with Gasteiger partial charge in [0.25, 0.3) is 29.0 Å². The van der Waals surface area contributed by atoms with E-state index >= 15 is 0 Å². The Morgan fingerprint density at radius 3 is 1.71 bits per heavy atom. The van der Waals surface area contributed by atoms with Crippen molar-refractivity contribution in [1.82, 2.24) is 49.7 Å². The van der Waals surface area contributed by atoms with Gasteiger partial charge in [-0.2, -0.15) is 0 Å². The van der Waals surface area contributed by atoms with Crippen molar-refractivity contribution in [2.24, 2.45) is 5.92 Å². The molecular formula is C91H113N13O14S. The third-order valence-electron chi connectivity index (χ3n) is 17.2. The minimum Gasteiger partial charge on any atom is -0.496 e. The summed E-state index contributed by atoms with van der Waals surface area (Å²) >= 11 is 1.72. The highest BCUT2D eigenvalue weighted by molar-refractivity contribution is 7.09. The fourth-order valence-electron chi connectivity index (χ4n) is 10.9. The number of furan rings is 2. The minimum absolute atomic E-state index is 0.0779. The van der Waals surface area contributed by atoms with Crippen LogP contribution in [0.1, 0.15) is 174 Å². The Morgan fingerprint density at radius 2 is 1.23 bits per heavy atom. The molecule has 0 radical (unpaired) electrons. The molecule has 14 rings (SSSR count). The van der Waals surface area contributed by atoms with E-state index in [0.29, 0.717) is 116 Å². The first-order valence-corrected chi connectivity index (χ1v) is 40.4. The molecule has 0 unspecified atom stereocenters. The summed E-state index contributed by atoms with van der Waals surface area (Å²) < 4.78 is 38.4. The molecule has 0 aliphatic carbocycles. The van der Waals surface area contributed by atoms with Crippen LogP contribution in [0.25, 0.3) is 33.0 Å². The lowest BCUT2D eigenvalue weighted by Gasteiger charge is -2.34. The Kier molecular flexibility index (Phi) is 42.0. The van der Waals surface area contributed by atoms with Gasteiger partial charge in [-0.15, -0.1) is 16.4 Å². The first-order valence-electron chi connectivity index (χ1n) is 39.5. The van der Waals surface area contributed by atoms with Gasteiger partial charge in [0.2, 0.25) is 0 Å². The lowest BCUT2D eigenvalue weighted by Crippen LogP contribution is -2.52. The smallest absolute Gasteiger partial charge is 0.299 e. The highest BCUT2D eigenvalue weighted by Gasteiger charge is 2.32. The van der Waals surface area contributed by atoms with Crippen LogP contribution in [0.4, 0.5) is 17.1 Å². The van der Waals surface area contributed by atoms with Gasteiger partial charge < -0.3 is 52.3 Å². The van der Waals surface area contributed by atoms with Crippen LogP contribution in [0.2, 0.25) is 0 Å². The maximum atomic E-state index is 13.3. The van der Waals surface area contributed by atoms with Crippen molar-refractivity contribution in [1.29, 1.82) is 0 Å². The number of ether oxygens (including phenoxy) is 4. The van der Waals surface area contributed by atoms with Crippen LogP contribution in [0, 0.1) is 26.1 Å². The average Bonchev–Trinajstić information content (AvgIpc) is 1.62. The maximum absolute atomic E-state index is 13.3. The number of ketones is 1. The van der Waals surface area contributed by atoms with Crippen LogP contribution in [0.5, 0.6) is 5.75 Å². The van der Waals surface area contributed by atoms with Crippen molar-refractivity contribution in [3.8, 4) is 17.1 Å². The van der Waals surface area contributed by atoms with Gasteiger partial charge >= 0.3 is 0 Å². The molecule has 27 nitrogen and oxygen atoms in total. The van der Waals surface area contributed by atoms with Crippen LogP contribution in [-0.4, -0.2) is 151 Å². The number of rotatable bonds is 24.